The predicted molar refractivity (Wildman–Crippen MR) is 96.7 cm³/mol. The molecule has 112 valence electrons. The fraction of sp³-hybridized carbons (Fsp3) is 0.105. The van der Waals surface area contributed by atoms with Gasteiger partial charge in [-0.2, -0.15) is 0 Å². The third-order valence-corrected chi connectivity index (χ3v) is 3.72. The molecule has 0 unspecified atom stereocenters. The molecule has 1 aliphatic rings. The van der Waals surface area contributed by atoms with Crippen LogP contribution in [0.1, 0.15) is 12.8 Å². The van der Waals surface area contributed by atoms with E-state index in [0.29, 0.717) is 0 Å². The molecule has 22 heavy (non-hydrogen) atoms. The number of anilines is 1. The van der Waals surface area contributed by atoms with Crippen LogP contribution < -0.4 is 4.90 Å². The highest BCUT2D eigenvalue weighted by atomic mass is 79.9. The Hall–Kier alpha value is -2.13. The molecule has 3 heteroatoms. The number of aldehydes is 1. The van der Waals surface area contributed by atoms with E-state index < -0.39 is 0 Å². The zero-order chi connectivity index (χ0) is 15.8. The number of carbonyl (C=O) groups is 1. The molecular weight excluding hydrogens is 338 g/mol. The molecular formula is C19H18BrNO. The molecule has 1 aromatic carbocycles. The highest BCUT2D eigenvalue weighted by Crippen LogP contribution is 2.30. The van der Waals surface area contributed by atoms with E-state index >= 15 is 0 Å². The van der Waals surface area contributed by atoms with Gasteiger partial charge in [0.15, 0.2) is 0 Å². The lowest BCUT2D eigenvalue weighted by Gasteiger charge is -2.30. The lowest BCUT2D eigenvalue weighted by molar-refractivity contribution is -0.105. The molecule has 1 aromatic rings. The summed E-state index contributed by atoms with van der Waals surface area (Å²) in [6.07, 6.45) is 12.2. The molecule has 0 N–H and O–H groups in total. The fourth-order valence-corrected chi connectivity index (χ4v) is 2.51. The summed E-state index contributed by atoms with van der Waals surface area (Å²) in [5, 5.41) is 0. The summed E-state index contributed by atoms with van der Waals surface area (Å²) >= 11 is 3.28. The average Bonchev–Trinajstić information content (AvgIpc) is 2.59. The molecule has 0 spiro atoms. The zero-order valence-corrected chi connectivity index (χ0v) is 13.9. The van der Waals surface area contributed by atoms with Gasteiger partial charge in [0.05, 0.1) is 0 Å². The number of benzene rings is 1. The van der Waals surface area contributed by atoms with E-state index in [2.05, 4.69) is 39.5 Å². The topological polar surface area (TPSA) is 20.3 Å². The van der Waals surface area contributed by atoms with Crippen LogP contribution in [0.25, 0.3) is 0 Å². The van der Waals surface area contributed by atoms with E-state index in [1.54, 1.807) is 4.99 Å². The van der Waals surface area contributed by atoms with Crippen molar-refractivity contribution in [1.29, 1.82) is 0 Å². The molecule has 0 amide bonds. The Bertz CT molecular complexity index is 653. The maximum absolute atomic E-state index is 10.9. The second kappa shape index (κ2) is 8.35. The SMILES string of the molecule is C=C/C(=C\C=C\Br)N(C1=CC=C(C=O)CC1)c1ccccc1. The van der Waals surface area contributed by atoms with E-state index in [1.165, 1.54) is 0 Å². The van der Waals surface area contributed by atoms with Crippen LogP contribution in [0, 0.1) is 0 Å². The zero-order valence-electron chi connectivity index (χ0n) is 12.3. The number of rotatable bonds is 6. The van der Waals surface area contributed by atoms with Crippen LogP contribution in [0.5, 0.6) is 0 Å². The molecule has 2 nitrogen and oxygen atoms in total. The summed E-state index contributed by atoms with van der Waals surface area (Å²) < 4.78 is 0. The maximum atomic E-state index is 10.9. The van der Waals surface area contributed by atoms with E-state index in [0.717, 1.165) is 41.8 Å². The first kappa shape index (κ1) is 16.2. The van der Waals surface area contributed by atoms with Crippen molar-refractivity contribution in [2.75, 3.05) is 4.90 Å². The minimum atomic E-state index is 0.761. The summed E-state index contributed by atoms with van der Waals surface area (Å²) in [5.74, 6) is 0. The monoisotopic (exact) mass is 355 g/mol. The van der Waals surface area contributed by atoms with Crippen LogP contribution >= 0.6 is 15.9 Å². The molecule has 0 saturated carbocycles. The van der Waals surface area contributed by atoms with Gasteiger partial charge in [-0.25, -0.2) is 0 Å². The van der Waals surface area contributed by atoms with Crippen molar-refractivity contribution in [3.05, 3.63) is 89.2 Å². The first-order chi connectivity index (χ1) is 10.8. The number of hydrogen-bond donors (Lipinski definition) is 0. The number of nitrogens with zero attached hydrogens (tertiary/aromatic N) is 1. The number of para-hydroxylation sites is 1. The number of allylic oxidation sites excluding steroid dienone is 7. The molecule has 0 fully saturated rings. The highest BCUT2D eigenvalue weighted by Gasteiger charge is 2.16. The van der Waals surface area contributed by atoms with Crippen LogP contribution in [-0.4, -0.2) is 6.29 Å². The lowest BCUT2D eigenvalue weighted by Crippen LogP contribution is -2.22. The summed E-state index contributed by atoms with van der Waals surface area (Å²) in [6.45, 7) is 3.93. The second-order valence-electron chi connectivity index (χ2n) is 4.80. The van der Waals surface area contributed by atoms with Crippen molar-refractivity contribution >= 4 is 27.9 Å². The van der Waals surface area contributed by atoms with E-state index in [9.17, 15) is 4.79 Å². The van der Waals surface area contributed by atoms with Gasteiger partial charge in [-0.1, -0.05) is 52.9 Å². The standard InChI is InChI=1S/C19H18BrNO/c1-2-17(9-6-14-20)21(18-7-4-3-5-8-18)19-12-10-16(15-22)11-13-19/h2-10,12,14-15H,1,11,13H2/b14-6+,17-9+. The van der Waals surface area contributed by atoms with Gasteiger partial charge in [0, 0.05) is 17.1 Å². The van der Waals surface area contributed by atoms with Crippen molar-refractivity contribution in [2.24, 2.45) is 0 Å². The Balaban J connectivity index is 2.47. The van der Waals surface area contributed by atoms with Crippen LogP contribution in [0.15, 0.2) is 89.2 Å². The van der Waals surface area contributed by atoms with Gasteiger partial charge in [0.2, 0.25) is 0 Å². The van der Waals surface area contributed by atoms with E-state index in [1.807, 2.05) is 48.6 Å². The van der Waals surface area contributed by atoms with Gasteiger partial charge in [0.1, 0.15) is 6.29 Å². The number of carbonyl (C=O) groups excluding carboxylic acids is 1. The largest absolute Gasteiger partial charge is 0.314 e. The molecule has 0 aliphatic heterocycles. The normalized spacial score (nSPS) is 15.2. The Kier molecular flexibility index (Phi) is 6.16. The van der Waals surface area contributed by atoms with Crippen LogP contribution in [0.3, 0.4) is 0 Å². The minimum absolute atomic E-state index is 0.761. The van der Waals surface area contributed by atoms with Crippen molar-refractivity contribution in [1.82, 2.24) is 0 Å². The molecule has 0 bridgehead atoms. The minimum Gasteiger partial charge on any atom is -0.314 e. The molecule has 0 saturated heterocycles. The number of halogens is 1. The Labute approximate surface area is 140 Å². The van der Waals surface area contributed by atoms with E-state index in [-0.39, 0.29) is 0 Å². The second-order valence-corrected chi connectivity index (χ2v) is 5.33. The average molecular weight is 356 g/mol. The van der Waals surface area contributed by atoms with E-state index in [4.69, 9.17) is 0 Å². The summed E-state index contributed by atoms with van der Waals surface area (Å²) in [5.41, 5.74) is 4.04. The lowest BCUT2D eigenvalue weighted by atomic mass is 10.0. The first-order valence-corrected chi connectivity index (χ1v) is 8.01. The van der Waals surface area contributed by atoms with Gasteiger partial charge in [-0.05, 0) is 53.8 Å². The molecule has 1 aliphatic carbocycles. The predicted octanol–water partition coefficient (Wildman–Crippen LogP) is 5.27. The fourth-order valence-electron chi connectivity index (χ4n) is 2.35. The molecule has 0 aromatic heterocycles. The van der Waals surface area contributed by atoms with Crippen molar-refractivity contribution in [3.63, 3.8) is 0 Å². The van der Waals surface area contributed by atoms with Gasteiger partial charge >= 0.3 is 0 Å². The van der Waals surface area contributed by atoms with Gasteiger partial charge in [-0.3, -0.25) is 4.79 Å². The van der Waals surface area contributed by atoms with Crippen LogP contribution in [-0.2, 0) is 4.79 Å². The summed E-state index contributed by atoms with van der Waals surface area (Å²) in [4.78, 5) is 14.9. The van der Waals surface area contributed by atoms with Crippen molar-refractivity contribution in [3.8, 4) is 0 Å². The van der Waals surface area contributed by atoms with Gasteiger partial charge < -0.3 is 4.90 Å². The third-order valence-electron chi connectivity index (χ3n) is 3.42. The van der Waals surface area contributed by atoms with Gasteiger partial charge in [-0.15, -0.1) is 0 Å². The Morgan fingerprint density at radius 3 is 2.50 bits per heavy atom. The van der Waals surface area contributed by atoms with Gasteiger partial charge in [0.25, 0.3) is 0 Å². The third kappa shape index (κ3) is 3.95. The molecule has 0 heterocycles. The smallest absolute Gasteiger partial charge is 0.146 e. The number of hydrogen-bond acceptors (Lipinski definition) is 2. The molecule has 2 rings (SSSR count). The Morgan fingerprint density at radius 1 is 1.18 bits per heavy atom. The Morgan fingerprint density at radius 2 is 1.95 bits per heavy atom. The summed E-state index contributed by atoms with van der Waals surface area (Å²) in [7, 11) is 0. The van der Waals surface area contributed by atoms with Crippen LogP contribution in [0.2, 0.25) is 0 Å². The quantitative estimate of drug-likeness (QED) is 0.511. The molecule has 0 atom stereocenters. The first-order valence-electron chi connectivity index (χ1n) is 7.09. The molecule has 0 radical (unpaired) electrons. The van der Waals surface area contributed by atoms with Crippen molar-refractivity contribution in [2.45, 2.75) is 12.8 Å². The maximum Gasteiger partial charge on any atom is 0.146 e. The van der Waals surface area contributed by atoms with Crippen LogP contribution in [0.4, 0.5) is 5.69 Å². The highest BCUT2D eigenvalue weighted by molar-refractivity contribution is 9.11. The summed E-state index contributed by atoms with van der Waals surface area (Å²) in [6, 6.07) is 10.2. The van der Waals surface area contributed by atoms with Crippen molar-refractivity contribution < 1.29 is 4.79 Å².